The number of fused-ring (bicyclic) bond motifs is 1. The quantitative estimate of drug-likeness (QED) is 0.792. The maximum atomic E-state index is 13.4. The molecule has 0 radical (unpaired) electrons. The minimum Gasteiger partial charge on any atom is -0.352 e. The molecule has 2 aliphatic rings. The van der Waals surface area contributed by atoms with Crippen LogP contribution in [0.2, 0.25) is 5.15 Å². The van der Waals surface area contributed by atoms with Gasteiger partial charge in [0.2, 0.25) is 0 Å². The normalized spacial score (nSPS) is 17.7. The molecule has 4 rings (SSSR count). The summed E-state index contributed by atoms with van der Waals surface area (Å²) in [5.74, 6) is 1.99. The number of halogens is 2. The van der Waals surface area contributed by atoms with Crippen LogP contribution in [0.4, 0.5) is 10.2 Å². The predicted octanol–water partition coefficient (Wildman–Crippen LogP) is 3.71. The molecule has 2 heterocycles. The number of rotatable bonds is 2. The molecule has 1 fully saturated rings. The minimum absolute atomic E-state index is 0.185. The first-order chi connectivity index (χ1) is 10.2. The second kappa shape index (κ2) is 4.95. The summed E-state index contributed by atoms with van der Waals surface area (Å²) < 4.78 is 13.4. The van der Waals surface area contributed by atoms with E-state index in [-0.39, 0.29) is 5.82 Å². The molecule has 0 saturated heterocycles. The van der Waals surface area contributed by atoms with Gasteiger partial charge in [0.15, 0.2) is 0 Å². The van der Waals surface area contributed by atoms with E-state index in [4.69, 9.17) is 11.6 Å². The predicted molar refractivity (Wildman–Crippen MR) is 80.2 cm³/mol. The van der Waals surface area contributed by atoms with Gasteiger partial charge in [-0.1, -0.05) is 17.7 Å². The molecule has 3 nitrogen and oxygen atoms in total. The van der Waals surface area contributed by atoms with Gasteiger partial charge in [0.05, 0.1) is 0 Å². The van der Waals surface area contributed by atoms with Gasteiger partial charge < -0.3 is 4.90 Å². The fraction of sp³-hybridized carbons (Fsp3) is 0.375. The van der Waals surface area contributed by atoms with Crippen molar-refractivity contribution in [3.05, 3.63) is 52.2 Å². The topological polar surface area (TPSA) is 29.0 Å². The molecule has 0 spiro atoms. The van der Waals surface area contributed by atoms with E-state index in [9.17, 15) is 4.39 Å². The fourth-order valence-electron chi connectivity index (χ4n) is 2.83. The summed E-state index contributed by atoms with van der Waals surface area (Å²) in [5.41, 5.74) is 2.25. The Hall–Kier alpha value is -1.68. The van der Waals surface area contributed by atoms with Crippen LogP contribution >= 0.6 is 11.6 Å². The van der Waals surface area contributed by atoms with Gasteiger partial charge in [-0.05, 0) is 42.5 Å². The van der Waals surface area contributed by atoms with Gasteiger partial charge in [0, 0.05) is 25.1 Å². The molecule has 1 aromatic carbocycles. The Morgan fingerprint density at radius 2 is 2.00 bits per heavy atom. The van der Waals surface area contributed by atoms with Crippen molar-refractivity contribution in [2.45, 2.75) is 31.7 Å². The summed E-state index contributed by atoms with van der Waals surface area (Å²) in [6.45, 7) is 1.54. The second-order valence-corrected chi connectivity index (χ2v) is 6.15. The number of aromatic nitrogens is 2. The summed E-state index contributed by atoms with van der Waals surface area (Å²) in [6.07, 6.45) is 3.19. The minimum atomic E-state index is -0.185. The number of hydrogen-bond donors (Lipinski definition) is 0. The molecule has 0 atom stereocenters. The van der Waals surface area contributed by atoms with Crippen LogP contribution < -0.4 is 4.90 Å². The van der Waals surface area contributed by atoms with Crippen molar-refractivity contribution >= 4 is 17.4 Å². The zero-order valence-corrected chi connectivity index (χ0v) is 12.3. The lowest BCUT2D eigenvalue weighted by Crippen LogP contribution is -2.31. The molecule has 1 aromatic heterocycles. The highest BCUT2D eigenvalue weighted by atomic mass is 35.5. The smallest absolute Gasteiger partial charge is 0.135 e. The van der Waals surface area contributed by atoms with E-state index < -0.39 is 0 Å². The number of benzene rings is 1. The maximum absolute atomic E-state index is 13.4. The highest BCUT2D eigenvalue weighted by Crippen LogP contribution is 2.39. The van der Waals surface area contributed by atoms with Crippen LogP contribution in [0.15, 0.2) is 24.3 Å². The average Bonchev–Trinajstić information content (AvgIpc) is 3.30. The van der Waals surface area contributed by atoms with Gasteiger partial charge in [-0.2, -0.15) is 0 Å². The molecule has 0 amide bonds. The SMILES string of the molecule is Fc1ccc2c(c1)CN(c1cc(Cl)nc(C3CC3)n1)CC2. The Bertz CT molecular complexity index is 700. The molecule has 0 unspecified atom stereocenters. The molecule has 1 aliphatic heterocycles. The highest BCUT2D eigenvalue weighted by Gasteiger charge is 2.28. The number of nitrogens with zero attached hydrogens (tertiary/aromatic N) is 3. The Kier molecular flexibility index (Phi) is 3.07. The molecule has 1 saturated carbocycles. The van der Waals surface area contributed by atoms with Crippen LogP contribution in [0.25, 0.3) is 0 Å². The van der Waals surface area contributed by atoms with E-state index in [1.54, 1.807) is 12.1 Å². The van der Waals surface area contributed by atoms with Gasteiger partial charge >= 0.3 is 0 Å². The standard InChI is InChI=1S/C16H15ClFN3/c17-14-8-15(20-16(19-14)11-1-2-11)21-6-5-10-3-4-13(18)7-12(10)9-21/h3-4,7-8,11H,1-2,5-6,9H2. The lowest BCUT2D eigenvalue weighted by molar-refractivity contribution is 0.618. The largest absolute Gasteiger partial charge is 0.352 e. The molecule has 1 aliphatic carbocycles. The third-order valence-electron chi connectivity index (χ3n) is 4.15. The van der Waals surface area contributed by atoms with E-state index in [0.717, 1.165) is 43.0 Å². The Morgan fingerprint density at radius 1 is 1.14 bits per heavy atom. The first-order valence-electron chi connectivity index (χ1n) is 7.26. The van der Waals surface area contributed by atoms with E-state index in [2.05, 4.69) is 14.9 Å². The first kappa shape index (κ1) is 13.0. The number of anilines is 1. The lowest BCUT2D eigenvalue weighted by Gasteiger charge is -2.30. The van der Waals surface area contributed by atoms with Crippen LogP contribution in [-0.4, -0.2) is 16.5 Å². The highest BCUT2D eigenvalue weighted by molar-refractivity contribution is 6.29. The molecule has 0 N–H and O–H groups in total. The van der Waals surface area contributed by atoms with Crippen molar-refractivity contribution < 1.29 is 4.39 Å². The lowest BCUT2D eigenvalue weighted by atomic mass is 10.00. The van der Waals surface area contributed by atoms with Crippen molar-refractivity contribution in [2.75, 3.05) is 11.4 Å². The monoisotopic (exact) mass is 303 g/mol. The Labute approximate surface area is 127 Å². The van der Waals surface area contributed by atoms with E-state index in [0.29, 0.717) is 17.6 Å². The van der Waals surface area contributed by atoms with Crippen molar-refractivity contribution in [1.29, 1.82) is 0 Å². The third kappa shape index (κ3) is 2.60. The molecule has 5 heteroatoms. The van der Waals surface area contributed by atoms with Gasteiger partial charge in [0.1, 0.15) is 22.6 Å². The van der Waals surface area contributed by atoms with E-state index >= 15 is 0 Å². The van der Waals surface area contributed by atoms with E-state index in [1.807, 2.05) is 6.07 Å². The number of hydrogen-bond acceptors (Lipinski definition) is 3. The molecular formula is C16H15ClFN3. The third-order valence-corrected chi connectivity index (χ3v) is 4.34. The van der Waals surface area contributed by atoms with Gasteiger partial charge in [0.25, 0.3) is 0 Å². The van der Waals surface area contributed by atoms with Gasteiger partial charge in [-0.3, -0.25) is 0 Å². The van der Waals surface area contributed by atoms with Crippen LogP contribution in [0.1, 0.15) is 35.7 Å². The molecule has 108 valence electrons. The average molecular weight is 304 g/mol. The van der Waals surface area contributed by atoms with Gasteiger partial charge in [-0.25, -0.2) is 14.4 Å². The molecule has 0 bridgehead atoms. The summed E-state index contributed by atoms with van der Waals surface area (Å²) in [4.78, 5) is 11.1. The van der Waals surface area contributed by atoms with Crippen molar-refractivity contribution in [2.24, 2.45) is 0 Å². The van der Waals surface area contributed by atoms with Gasteiger partial charge in [-0.15, -0.1) is 0 Å². The zero-order chi connectivity index (χ0) is 14.4. The van der Waals surface area contributed by atoms with Crippen molar-refractivity contribution in [3.8, 4) is 0 Å². The second-order valence-electron chi connectivity index (χ2n) is 5.77. The summed E-state index contributed by atoms with van der Waals surface area (Å²) in [6, 6.07) is 6.83. The summed E-state index contributed by atoms with van der Waals surface area (Å²) in [5, 5.41) is 0.493. The van der Waals surface area contributed by atoms with Crippen molar-refractivity contribution in [3.63, 3.8) is 0 Å². The van der Waals surface area contributed by atoms with E-state index in [1.165, 1.54) is 11.6 Å². The maximum Gasteiger partial charge on any atom is 0.135 e. The Balaban J connectivity index is 1.65. The van der Waals surface area contributed by atoms with Crippen LogP contribution in [-0.2, 0) is 13.0 Å². The van der Waals surface area contributed by atoms with Crippen molar-refractivity contribution in [1.82, 2.24) is 9.97 Å². The summed E-state index contributed by atoms with van der Waals surface area (Å²) in [7, 11) is 0. The molecular weight excluding hydrogens is 289 g/mol. The summed E-state index contributed by atoms with van der Waals surface area (Å²) >= 11 is 6.13. The molecule has 2 aromatic rings. The van der Waals surface area contributed by atoms with Crippen LogP contribution in [0.5, 0.6) is 0 Å². The zero-order valence-electron chi connectivity index (χ0n) is 11.5. The van der Waals surface area contributed by atoms with Crippen LogP contribution in [0.3, 0.4) is 0 Å². The fourth-order valence-corrected chi connectivity index (χ4v) is 3.01. The Morgan fingerprint density at radius 3 is 2.81 bits per heavy atom. The molecule has 21 heavy (non-hydrogen) atoms. The van der Waals surface area contributed by atoms with Crippen LogP contribution in [0, 0.1) is 5.82 Å². The first-order valence-corrected chi connectivity index (χ1v) is 7.63.